The van der Waals surface area contributed by atoms with Crippen molar-refractivity contribution in [2.24, 2.45) is 0 Å². The predicted octanol–water partition coefficient (Wildman–Crippen LogP) is 1.58. The quantitative estimate of drug-likeness (QED) is 0.723. The standard InChI is InChI=1S/C11H15F2NO2/c1-15-7-5-14-6-8-16-10-4-2-3-9(12)11(10)13/h2-4,14H,5-8H2,1H3. The topological polar surface area (TPSA) is 30.5 Å². The molecule has 0 aliphatic rings. The molecule has 0 aliphatic carbocycles. The number of hydrogen-bond acceptors (Lipinski definition) is 3. The lowest BCUT2D eigenvalue weighted by molar-refractivity contribution is 0.196. The van der Waals surface area contributed by atoms with Gasteiger partial charge in [0.1, 0.15) is 6.61 Å². The molecule has 1 aromatic carbocycles. The van der Waals surface area contributed by atoms with Gasteiger partial charge in [0.15, 0.2) is 11.6 Å². The van der Waals surface area contributed by atoms with E-state index >= 15 is 0 Å². The predicted molar refractivity (Wildman–Crippen MR) is 56.6 cm³/mol. The van der Waals surface area contributed by atoms with Crippen LogP contribution in [-0.4, -0.2) is 33.4 Å². The second kappa shape index (κ2) is 7.14. The fraction of sp³-hybridized carbons (Fsp3) is 0.455. The first-order valence-corrected chi connectivity index (χ1v) is 5.02. The third-order valence-corrected chi connectivity index (χ3v) is 1.94. The van der Waals surface area contributed by atoms with Crippen LogP contribution in [0.2, 0.25) is 0 Å². The second-order valence-corrected chi connectivity index (χ2v) is 3.14. The normalized spacial score (nSPS) is 10.4. The van der Waals surface area contributed by atoms with Crippen molar-refractivity contribution in [1.29, 1.82) is 0 Å². The minimum atomic E-state index is -0.945. The average molecular weight is 231 g/mol. The van der Waals surface area contributed by atoms with Gasteiger partial charge in [-0.25, -0.2) is 4.39 Å². The van der Waals surface area contributed by atoms with Crippen molar-refractivity contribution in [1.82, 2.24) is 5.32 Å². The Hall–Kier alpha value is -1.20. The molecule has 0 atom stereocenters. The number of benzene rings is 1. The van der Waals surface area contributed by atoms with Crippen molar-refractivity contribution in [2.45, 2.75) is 0 Å². The lowest BCUT2D eigenvalue weighted by Gasteiger charge is -2.08. The SMILES string of the molecule is COCCNCCOc1cccc(F)c1F. The molecular formula is C11H15F2NO2. The van der Waals surface area contributed by atoms with E-state index < -0.39 is 11.6 Å². The van der Waals surface area contributed by atoms with Crippen molar-refractivity contribution in [3.05, 3.63) is 29.8 Å². The molecule has 0 saturated carbocycles. The number of halogens is 2. The molecule has 90 valence electrons. The molecule has 0 radical (unpaired) electrons. The van der Waals surface area contributed by atoms with Crippen molar-refractivity contribution >= 4 is 0 Å². The van der Waals surface area contributed by atoms with Gasteiger partial charge in [-0.05, 0) is 12.1 Å². The number of methoxy groups -OCH3 is 1. The van der Waals surface area contributed by atoms with E-state index in [9.17, 15) is 8.78 Å². The first-order valence-electron chi connectivity index (χ1n) is 5.02. The summed E-state index contributed by atoms with van der Waals surface area (Å²) in [5.41, 5.74) is 0. The van der Waals surface area contributed by atoms with Crippen LogP contribution in [-0.2, 0) is 4.74 Å². The molecule has 0 bridgehead atoms. The third-order valence-electron chi connectivity index (χ3n) is 1.94. The van der Waals surface area contributed by atoms with Crippen LogP contribution in [0.25, 0.3) is 0 Å². The number of rotatable bonds is 7. The first-order chi connectivity index (χ1) is 7.75. The van der Waals surface area contributed by atoms with Crippen LogP contribution in [0.4, 0.5) is 8.78 Å². The summed E-state index contributed by atoms with van der Waals surface area (Å²) < 4.78 is 35.8. The van der Waals surface area contributed by atoms with Gasteiger partial charge in [-0.1, -0.05) is 6.07 Å². The maximum atomic E-state index is 13.1. The van der Waals surface area contributed by atoms with Crippen LogP contribution >= 0.6 is 0 Å². The first kappa shape index (κ1) is 12.9. The Labute approximate surface area is 93.4 Å². The Morgan fingerprint density at radius 3 is 2.69 bits per heavy atom. The van der Waals surface area contributed by atoms with E-state index in [1.54, 1.807) is 7.11 Å². The average Bonchev–Trinajstić information content (AvgIpc) is 2.29. The zero-order valence-electron chi connectivity index (χ0n) is 9.13. The lowest BCUT2D eigenvalue weighted by Crippen LogP contribution is -2.24. The van der Waals surface area contributed by atoms with Crippen LogP contribution in [0, 0.1) is 11.6 Å². The van der Waals surface area contributed by atoms with Gasteiger partial charge in [-0.2, -0.15) is 4.39 Å². The zero-order valence-corrected chi connectivity index (χ0v) is 9.13. The van der Waals surface area contributed by atoms with E-state index in [1.165, 1.54) is 12.1 Å². The molecule has 1 N–H and O–H groups in total. The summed E-state index contributed by atoms with van der Waals surface area (Å²) in [5, 5.41) is 3.02. The van der Waals surface area contributed by atoms with Gasteiger partial charge in [0.2, 0.25) is 5.82 Å². The van der Waals surface area contributed by atoms with E-state index in [2.05, 4.69) is 5.32 Å². The highest BCUT2D eigenvalue weighted by atomic mass is 19.2. The Bertz CT molecular complexity index is 321. The molecule has 0 heterocycles. The van der Waals surface area contributed by atoms with Crippen molar-refractivity contribution < 1.29 is 18.3 Å². The van der Waals surface area contributed by atoms with Gasteiger partial charge < -0.3 is 14.8 Å². The molecule has 0 spiro atoms. The molecule has 0 saturated heterocycles. The Balaban J connectivity index is 2.24. The minimum absolute atomic E-state index is 0.0615. The van der Waals surface area contributed by atoms with E-state index in [0.29, 0.717) is 19.7 Å². The van der Waals surface area contributed by atoms with E-state index in [1.807, 2.05) is 0 Å². The fourth-order valence-electron chi connectivity index (χ4n) is 1.13. The Kier molecular flexibility index (Phi) is 5.74. The molecule has 3 nitrogen and oxygen atoms in total. The molecular weight excluding hydrogens is 216 g/mol. The molecule has 0 amide bonds. The highest BCUT2D eigenvalue weighted by Crippen LogP contribution is 2.18. The largest absolute Gasteiger partial charge is 0.489 e. The maximum Gasteiger partial charge on any atom is 0.200 e. The van der Waals surface area contributed by atoms with Gasteiger partial charge in [0.25, 0.3) is 0 Å². The fourth-order valence-corrected chi connectivity index (χ4v) is 1.13. The number of ether oxygens (including phenoxy) is 2. The van der Waals surface area contributed by atoms with Gasteiger partial charge in [-0.15, -0.1) is 0 Å². The maximum absolute atomic E-state index is 13.1. The highest BCUT2D eigenvalue weighted by Gasteiger charge is 2.07. The summed E-state index contributed by atoms with van der Waals surface area (Å²) in [6.07, 6.45) is 0. The van der Waals surface area contributed by atoms with Crippen molar-refractivity contribution in [2.75, 3.05) is 33.4 Å². The molecule has 16 heavy (non-hydrogen) atoms. The molecule has 1 aromatic rings. The van der Waals surface area contributed by atoms with Crippen molar-refractivity contribution in [3.63, 3.8) is 0 Å². The molecule has 0 aromatic heterocycles. The van der Waals surface area contributed by atoms with Gasteiger partial charge in [-0.3, -0.25) is 0 Å². The summed E-state index contributed by atoms with van der Waals surface area (Å²) in [5.74, 6) is -1.90. The van der Waals surface area contributed by atoms with E-state index in [0.717, 1.165) is 6.07 Å². The van der Waals surface area contributed by atoms with Crippen LogP contribution in [0.5, 0.6) is 5.75 Å². The summed E-state index contributed by atoms with van der Waals surface area (Å²) in [7, 11) is 1.61. The number of nitrogens with one attached hydrogen (secondary N) is 1. The van der Waals surface area contributed by atoms with Crippen LogP contribution in [0.15, 0.2) is 18.2 Å². The van der Waals surface area contributed by atoms with Crippen LogP contribution in [0.3, 0.4) is 0 Å². The van der Waals surface area contributed by atoms with Crippen molar-refractivity contribution in [3.8, 4) is 5.75 Å². The molecule has 1 rings (SSSR count). The van der Waals surface area contributed by atoms with Gasteiger partial charge >= 0.3 is 0 Å². The van der Waals surface area contributed by atoms with Gasteiger partial charge in [0, 0.05) is 20.2 Å². The second-order valence-electron chi connectivity index (χ2n) is 3.14. The molecule has 0 unspecified atom stereocenters. The summed E-state index contributed by atoms with van der Waals surface area (Å²) in [6, 6.07) is 3.86. The molecule has 0 fully saturated rings. The smallest absolute Gasteiger partial charge is 0.200 e. The summed E-state index contributed by atoms with van der Waals surface area (Å²) in [6.45, 7) is 2.14. The Morgan fingerprint density at radius 1 is 1.19 bits per heavy atom. The van der Waals surface area contributed by atoms with Gasteiger partial charge in [0.05, 0.1) is 6.61 Å². The minimum Gasteiger partial charge on any atom is -0.489 e. The van der Waals surface area contributed by atoms with Crippen LogP contribution in [0.1, 0.15) is 0 Å². The van der Waals surface area contributed by atoms with Crippen LogP contribution < -0.4 is 10.1 Å². The summed E-state index contributed by atoms with van der Waals surface area (Å²) >= 11 is 0. The summed E-state index contributed by atoms with van der Waals surface area (Å²) in [4.78, 5) is 0. The monoisotopic (exact) mass is 231 g/mol. The van der Waals surface area contributed by atoms with E-state index in [-0.39, 0.29) is 12.4 Å². The zero-order chi connectivity index (χ0) is 11.8. The molecule has 5 heteroatoms. The number of hydrogen-bond donors (Lipinski definition) is 1. The van der Waals surface area contributed by atoms with E-state index in [4.69, 9.17) is 9.47 Å². The Morgan fingerprint density at radius 2 is 1.94 bits per heavy atom. The molecule has 0 aliphatic heterocycles. The third kappa shape index (κ3) is 4.12. The lowest BCUT2D eigenvalue weighted by atomic mass is 10.3. The highest BCUT2D eigenvalue weighted by molar-refractivity contribution is 5.24.